The number of amides is 1. The molecular weight excluding hydrogens is 446 g/mol. The van der Waals surface area contributed by atoms with E-state index in [9.17, 15) is 4.79 Å². The van der Waals surface area contributed by atoms with Crippen LogP contribution in [0.5, 0.6) is 11.5 Å². The van der Waals surface area contributed by atoms with Crippen LogP contribution in [0.3, 0.4) is 0 Å². The van der Waals surface area contributed by atoms with Crippen molar-refractivity contribution in [3.63, 3.8) is 0 Å². The normalized spacial score (nSPS) is 17.1. The Balaban J connectivity index is 1.16. The average Bonchev–Trinajstić information content (AvgIpc) is 3.44. The summed E-state index contributed by atoms with van der Waals surface area (Å²) in [6, 6.07) is 7.96. The molecule has 168 valence electrons. The van der Waals surface area contributed by atoms with Crippen molar-refractivity contribution >= 4 is 29.0 Å². The van der Waals surface area contributed by atoms with Crippen LogP contribution in [0, 0.1) is 5.92 Å². The fraction of sp³-hybridized carbons (Fsp3) is 0.435. The van der Waals surface area contributed by atoms with Crippen molar-refractivity contribution in [2.45, 2.75) is 38.0 Å². The predicted molar refractivity (Wildman–Crippen MR) is 123 cm³/mol. The average molecular weight is 472 g/mol. The molecule has 0 N–H and O–H groups in total. The van der Waals surface area contributed by atoms with Crippen molar-refractivity contribution in [2.24, 2.45) is 5.92 Å². The molecule has 1 aromatic carbocycles. The van der Waals surface area contributed by atoms with Crippen molar-refractivity contribution in [3.8, 4) is 22.3 Å². The van der Waals surface area contributed by atoms with Gasteiger partial charge in [0.15, 0.2) is 11.5 Å². The molecule has 1 amide bonds. The Morgan fingerprint density at radius 1 is 1.22 bits per heavy atom. The van der Waals surface area contributed by atoms with Gasteiger partial charge in [0, 0.05) is 18.5 Å². The molecule has 0 saturated heterocycles. The van der Waals surface area contributed by atoms with Gasteiger partial charge in [0.1, 0.15) is 13.2 Å². The highest BCUT2D eigenvalue weighted by Crippen LogP contribution is 2.37. The maximum atomic E-state index is 12.6. The van der Waals surface area contributed by atoms with Crippen LogP contribution in [0.15, 0.2) is 33.9 Å². The number of hydrogen-bond donors (Lipinski definition) is 0. The van der Waals surface area contributed by atoms with Gasteiger partial charge in [-0.2, -0.15) is 0 Å². The van der Waals surface area contributed by atoms with Crippen LogP contribution in [0.25, 0.3) is 10.8 Å². The van der Waals surface area contributed by atoms with E-state index in [-0.39, 0.29) is 11.7 Å². The van der Waals surface area contributed by atoms with E-state index in [1.54, 1.807) is 23.3 Å². The highest BCUT2D eigenvalue weighted by molar-refractivity contribution is 7.99. The third kappa shape index (κ3) is 4.63. The molecule has 0 unspecified atom stereocenters. The Morgan fingerprint density at radius 3 is 2.94 bits per heavy atom. The molecule has 0 fully saturated rings. The summed E-state index contributed by atoms with van der Waals surface area (Å²) in [7, 11) is 1.79. The largest absolute Gasteiger partial charge is 0.486 e. The first-order valence-electron chi connectivity index (χ1n) is 10.8. The minimum atomic E-state index is -0.00906. The number of benzene rings is 1. The van der Waals surface area contributed by atoms with E-state index in [1.165, 1.54) is 28.6 Å². The highest BCUT2D eigenvalue weighted by atomic mass is 32.2. The van der Waals surface area contributed by atoms with Crippen LogP contribution in [-0.2, 0) is 24.2 Å². The molecule has 7 nitrogen and oxygen atoms in total. The van der Waals surface area contributed by atoms with Gasteiger partial charge in [0.05, 0.1) is 10.6 Å². The fourth-order valence-electron chi connectivity index (χ4n) is 3.96. The van der Waals surface area contributed by atoms with E-state index >= 15 is 0 Å². The van der Waals surface area contributed by atoms with Crippen molar-refractivity contribution in [2.75, 3.05) is 26.0 Å². The first kappa shape index (κ1) is 21.3. The zero-order valence-electron chi connectivity index (χ0n) is 18.1. The number of nitrogens with zero attached hydrogens (tertiary/aromatic N) is 3. The number of aromatic nitrogens is 2. The van der Waals surface area contributed by atoms with Crippen molar-refractivity contribution in [1.29, 1.82) is 0 Å². The fourth-order valence-corrected chi connectivity index (χ4v) is 5.79. The van der Waals surface area contributed by atoms with Crippen LogP contribution in [0.4, 0.5) is 0 Å². The zero-order chi connectivity index (χ0) is 22.1. The van der Waals surface area contributed by atoms with Crippen LogP contribution < -0.4 is 9.47 Å². The van der Waals surface area contributed by atoms with Crippen LogP contribution in [0.1, 0.15) is 29.3 Å². The number of carbonyl (C=O) groups excluding carboxylic acids is 1. The molecule has 1 aliphatic carbocycles. The molecule has 0 saturated carbocycles. The lowest BCUT2D eigenvalue weighted by atomic mass is 9.90. The number of fused-ring (bicyclic) bond motifs is 2. The van der Waals surface area contributed by atoms with E-state index in [0.29, 0.717) is 30.9 Å². The second-order valence-corrected chi connectivity index (χ2v) is 10.4. The first-order valence-corrected chi connectivity index (χ1v) is 12.6. The summed E-state index contributed by atoms with van der Waals surface area (Å²) >= 11 is 3.01. The molecule has 1 atom stereocenters. The van der Waals surface area contributed by atoms with Crippen LogP contribution in [0.2, 0.25) is 0 Å². The maximum absolute atomic E-state index is 12.6. The minimum Gasteiger partial charge on any atom is -0.486 e. The number of thiophene rings is 1. The maximum Gasteiger partial charge on any atom is 0.277 e. The Hall–Kier alpha value is -2.52. The standard InChI is InChI=1S/C23H25N3O4S2/c1-14-3-6-19-16(9-14)11-20(32-19)22-24-25-23(30-22)31-13-21(27)26(2)12-15-4-5-17-18(10-15)29-8-7-28-17/h4-5,10-11,14H,3,6-9,12-13H2,1-2H3/t14-/m1/s1. The van der Waals surface area contributed by atoms with Crippen molar-refractivity contribution in [1.82, 2.24) is 15.1 Å². The molecule has 2 aromatic heterocycles. The molecule has 3 aromatic rings. The monoisotopic (exact) mass is 471 g/mol. The molecule has 0 bridgehead atoms. The molecule has 0 radical (unpaired) electrons. The summed E-state index contributed by atoms with van der Waals surface area (Å²) in [4.78, 5) is 16.7. The summed E-state index contributed by atoms with van der Waals surface area (Å²) in [5.74, 6) is 2.97. The second-order valence-electron chi connectivity index (χ2n) is 8.30. The molecule has 3 heterocycles. The molecular formula is C23H25N3O4S2. The van der Waals surface area contributed by atoms with E-state index in [2.05, 4.69) is 23.2 Å². The number of ether oxygens (including phenoxy) is 2. The van der Waals surface area contributed by atoms with Gasteiger partial charge in [-0.05, 0) is 54.5 Å². The van der Waals surface area contributed by atoms with Gasteiger partial charge in [-0.25, -0.2) is 0 Å². The Bertz CT molecular complexity index is 1130. The predicted octanol–water partition coefficient (Wildman–Crippen LogP) is 4.44. The van der Waals surface area contributed by atoms with Gasteiger partial charge in [-0.15, -0.1) is 21.5 Å². The van der Waals surface area contributed by atoms with E-state index in [4.69, 9.17) is 13.9 Å². The van der Waals surface area contributed by atoms with Gasteiger partial charge < -0.3 is 18.8 Å². The lowest BCUT2D eigenvalue weighted by Crippen LogP contribution is -2.27. The summed E-state index contributed by atoms with van der Waals surface area (Å²) in [6.07, 6.45) is 3.48. The number of hydrogen-bond acceptors (Lipinski definition) is 8. The van der Waals surface area contributed by atoms with Gasteiger partial charge in [0.2, 0.25) is 5.91 Å². The van der Waals surface area contributed by atoms with Gasteiger partial charge >= 0.3 is 0 Å². The second kappa shape index (κ2) is 9.15. The van der Waals surface area contributed by atoms with Crippen molar-refractivity contribution < 1.29 is 18.7 Å². The van der Waals surface area contributed by atoms with Crippen molar-refractivity contribution in [3.05, 3.63) is 40.3 Å². The Morgan fingerprint density at radius 2 is 2.06 bits per heavy atom. The van der Waals surface area contributed by atoms with Gasteiger partial charge in [-0.3, -0.25) is 4.79 Å². The smallest absolute Gasteiger partial charge is 0.277 e. The van der Waals surface area contributed by atoms with Gasteiger partial charge in [-0.1, -0.05) is 24.8 Å². The molecule has 32 heavy (non-hydrogen) atoms. The molecule has 5 rings (SSSR count). The van der Waals surface area contributed by atoms with E-state index < -0.39 is 0 Å². The Labute approximate surface area is 195 Å². The number of carbonyl (C=O) groups is 1. The SMILES string of the molecule is C[C@@H]1CCc2sc(-c3nnc(SCC(=O)N(C)Cc4ccc5c(c4)OCCO5)o3)cc2C1. The first-order chi connectivity index (χ1) is 15.5. The molecule has 2 aliphatic rings. The van der Waals surface area contributed by atoms with E-state index in [1.807, 2.05) is 18.2 Å². The highest BCUT2D eigenvalue weighted by Gasteiger charge is 2.21. The van der Waals surface area contributed by atoms with Crippen LogP contribution >= 0.6 is 23.1 Å². The Kier molecular flexibility index (Phi) is 6.10. The summed E-state index contributed by atoms with van der Waals surface area (Å²) in [5.41, 5.74) is 2.40. The number of aryl methyl sites for hydroxylation is 1. The molecule has 1 aliphatic heterocycles. The lowest BCUT2D eigenvalue weighted by molar-refractivity contribution is -0.127. The lowest BCUT2D eigenvalue weighted by Gasteiger charge is -2.21. The quantitative estimate of drug-likeness (QED) is 0.492. The third-order valence-electron chi connectivity index (χ3n) is 5.72. The summed E-state index contributed by atoms with van der Waals surface area (Å²) in [6.45, 7) is 3.89. The number of thioether (sulfide) groups is 1. The topological polar surface area (TPSA) is 77.7 Å². The van der Waals surface area contributed by atoms with Gasteiger partial charge in [0.25, 0.3) is 11.1 Å². The molecule has 0 spiro atoms. The number of rotatable bonds is 6. The summed E-state index contributed by atoms with van der Waals surface area (Å²) in [5, 5.41) is 8.75. The summed E-state index contributed by atoms with van der Waals surface area (Å²) < 4.78 is 17.0. The third-order valence-corrected chi connectivity index (χ3v) is 7.75. The van der Waals surface area contributed by atoms with E-state index in [0.717, 1.165) is 40.7 Å². The minimum absolute atomic E-state index is 0.00906. The van der Waals surface area contributed by atoms with Crippen LogP contribution in [-0.4, -0.2) is 47.0 Å². The molecule has 9 heteroatoms. The zero-order valence-corrected chi connectivity index (χ0v) is 19.8.